The van der Waals surface area contributed by atoms with Gasteiger partial charge in [-0.25, -0.2) is 19.9 Å². The standard InChI is InChI=1S/C16H11F3N4O/c1-10-20-7-6-12(23-10)14-8-13(21-9-22-14)11-4-2-3-5-15(11)24-16(17,18)19/h2-9H,1H3. The van der Waals surface area contributed by atoms with Gasteiger partial charge < -0.3 is 4.74 Å². The Morgan fingerprint density at radius 2 is 1.67 bits per heavy atom. The largest absolute Gasteiger partial charge is 0.573 e. The van der Waals surface area contributed by atoms with Crippen molar-refractivity contribution < 1.29 is 17.9 Å². The minimum atomic E-state index is -4.78. The number of hydrogen-bond donors (Lipinski definition) is 0. The lowest BCUT2D eigenvalue weighted by molar-refractivity contribution is -0.274. The van der Waals surface area contributed by atoms with E-state index in [1.54, 1.807) is 31.3 Å². The zero-order chi connectivity index (χ0) is 17.2. The maximum Gasteiger partial charge on any atom is 0.573 e. The van der Waals surface area contributed by atoms with Crippen LogP contribution in [0.1, 0.15) is 5.82 Å². The monoisotopic (exact) mass is 332 g/mol. The number of aromatic nitrogens is 4. The number of para-hydroxylation sites is 1. The molecule has 122 valence electrons. The highest BCUT2D eigenvalue weighted by atomic mass is 19.4. The van der Waals surface area contributed by atoms with E-state index in [1.807, 2.05) is 0 Å². The fourth-order valence-electron chi connectivity index (χ4n) is 2.14. The highest BCUT2D eigenvalue weighted by Gasteiger charge is 2.32. The van der Waals surface area contributed by atoms with Gasteiger partial charge in [0.1, 0.15) is 17.9 Å². The molecule has 0 N–H and O–H groups in total. The minimum absolute atomic E-state index is 0.212. The molecule has 3 aromatic rings. The molecule has 2 aromatic heterocycles. The highest BCUT2D eigenvalue weighted by molar-refractivity contribution is 5.70. The molecule has 1 aromatic carbocycles. The Morgan fingerprint density at radius 3 is 2.42 bits per heavy atom. The second-order valence-corrected chi connectivity index (χ2v) is 4.82. The maximum atomic E-state index is 12.6. The third-order valence-electron chi connectivity index (χ3n) is 3.09. The average Bonchev–Trinajstić information content (AvgIpc) is 2.54. The lowest BCUT2D eigenvalue weighted by Gasteiger charge is -2.13. The second kappa shape index (κ2) is 6.23. The van der Waals surface area contributed by atoms with Crippen LogP contribution >= 0.6 is 0 Å². The van der Waals surface area contributed by atoms with E-state index in [4.69, 9.17) is 0 Å². The van der Waals surface area contributed by atoms with Crippen LogP contribution in [0, 0.1) is 6.92 Å². The van der Waals surface area contributed by atoms with Gasteiger partial charge in [-0.2, -0.15) is 0 Å². The van der Waals surface area contributed by atoms with Crippen molar-refractivity contribution in [3.8, 4) is 28.4 Å². The zero-order valence-corrected chi connectivity index (χ0v) is 12.4. The molecule has 0 aliphatic carbocycles. The summed E-state index contributed by atoms with van der Waals surface area (Å²) in [4.78, 5) is 16.4. The topological polar surface area (TPSA) is 60.8 Å². The average molecular weight is 332 g/mol. The number of hydrogen-bond acceptors (Lipinski definition) is 5. The van der Waals surface area contributed by atoms with Crippen LogP contribution in [0.15, 0.2) is 48.9 Å². The predicted molar refractivity (Wildman–Crippen MR) is 79.9 cm³/mol. The number of rotatable bonds is 3. The van der Waals surface area contributed by atoms with Crippen LogP contribution in [-0.2, 0) is 0 Å². The molecule has 5 nitrogen and oxygen atoms in total. The van der Waals surface area contributed by atoms with Crippen LogP contribution in [0.5, 0.6) is 5.75 Å². The fourth-order valence-corrected chi connectivity index (χ4v) is 2.14. The Kier molecular flexibility index (Phi) is 4.11. The molecule has 0 saturated carbocycles. The van der Waals surface area contributed by atoms with E-state index in [0.29, 0.717) is 22.9 Å². The third-order valence-corrected chi connectivity index (χ3v) is 3.09. The number of aryl methyl sites for hydroxylation is 1. The summed E-state index contributed by atoms with van der Waals surface area (Å²) in [7, 11) is 0. The Morgan fingerprint density at radius 1 is 0.917 bits per heavy atom. The molecular formula is C16H11F3N4O. The van der Waals surface area contributed by atoms with Gasteiger partial charge in [-0.05, 0) is 31.2 Å². The van der Waals surface area contributed by atoms with Gasteiger partial charge in [0.2, 0.25) is 0 Å². The van der Waals surface area contributed by atoms with Gasteiger partial charge in [-0.1, -0.05) is 12.1 Å². The van der Waals surface area contributed by atoms with Crippen molar-refractivity contribution in [2.45, 2.75) is 13.3 Å². The molecule has 0 spiro atoms. The Labute approximate surface area is 135 Å². The zero-order valence-electron chi connectivity index (χ0n) is 12.4. The maximum absolute atomic E-state index is 12.6. The van der Waals surface area contributed by atoms with E-state index >= 15 is 0 Å². The first-order valence-electron chi connectivity index (χ1n) is 6.89. The first-order chi connectivity index (χ1) is 11.4. The smallest absolute Gasteiger partial charge is 0.405 e. The van der Waals surface area contributed by atoms with Gasteiger partial charge >= 0.3 is 6.36 Å². The third kappa shape index (κ3) is 3.65. The van der Waals surface area contributed by atoms with Gasteiger partial charge in [-0.3, -0.25) is 0 Å². The van der Waals surface area contributed by atoms with E-state index in [0.717, 1.165) is 0 Å². The number of alkyl halides is 3. The summed E-state index contributed by atoms with van der Waals surface area (Å²) >= 11 is 0. The number of nitrogens with zero attached hydrogens (tertiary/aromatic N) is 4. The first-order valence-corrected chi connectivity index (χ1v) is 6.89. The molecule has 0 amide bonds. The molecule has 0 radical (unpaired) electrons. The summed E-state index contributed by atoms with van der Waals surface area (Å²) in [5, 5.41) is 0. The van der Waals surface area contributed by atoms with Crippen molar-refractivity contribution in [3.05, 3.63) is 54.7 Å². The molecule has 0 atom stereocenters. The van der Waals surface area contributed by atoms with Crippen LogP contribution in [0.3, 0.4) is 0 Å². The quantitative estimate of drug-likeness (QED) is 0.730. The van der Waals surface area contributed by atoms with Crippen LogP contribution in [-0.4, -0.2) is 26.3 Å². The first kappa shape index (κ1) is 15.9. The SMILES string of the molecule is Cc1nccc(-c2cc(-c3ccccc3OC(F)(F)F)ncn2)n1. The number of halogens is 3. The van der Waals surface area contributed by atoms with E-state index in [9.17, 15) is 13.2 Å². The summed E-state index contributed by atoms with van der Waals surface area (Å²) in [6, 6.07) is 9.02. The molecule has 0 saturated heterocycles. The van der Waals surface area contributed by atoms with Gasteiger partial charge in [0.15, 0.2) is 0 Å². The van der Waals surface area contributed by atoms with Crippen molar-refractivity contribution in [2.24, 2.45) is 0 Å². The second-order valence-electron chi connectivity index (χ2n) is 4.82. The van der Waals surface area contributed by atoms with Gasteiger partial charge in [0.05, 0.1) is 17.1 Å². The van der Waals surface area contributed by atoms with Crippen molar-refractivity contribution in [1.82, 2.24) is 19.9 Å². The van der Waals surface area contributed by atoms with E-state index in [2.05, 4.69) is 24.7 Å². The Bertz CT molecular complexity index is 868. The van der Waals surface area contributed by atoms with Crippen LogP contribution in [0.25, 0.3) is 22.6 Å². The van der Waals surface area contributed by atoms with Gasteiger partial charge in [-0.15, -0.1) is 13.2 Å². The normalized spacial score (nSPS) is 11.3. The molecule has 2 heterocycles. The fraction of sp³-hybridized carbons (Fsp3) is 0.125. The summed E-state index contributed by atoms with van der Waals surface area (Å²) < 4.78 is 41.7. The van der Waals surface area contributed by atoms with Crippen LogP contribution in [0.4, 0.5) is 13.2 Å². The van der Waals surface area contributed by atoms with Crippen molar-refractivity contribution in [2.75, 3.05) is 0 Å². The summed E-state index contributed by atoms with van der Waals surface area (Å²) in [6.07, 6.45) is -1.93. The molecule has 0 aliphatic heterocycles. The van der Waals surface area contributed by atoms with E-state index < -0.39 is 6.36 Å². The van der Waals surface area contributed by atoms with E-state index in [1.165, 1.54) is 24.5 Å². The molecule has 0 bridgehead atoms. The highest BCUT2D eigenvalue weighted by Crippen LogP contribution is 2.33. The molecule has 24 heavy (non-hydrogen) atoms. The number of benzene rings is 1. The summed E-state index contributed by atoms with van der Waals surface area (Å²) in [5.41, 5.74) is 1.55. The minimum Gasteiger partial charge on any atom is -0.405 e. The van der Waals surface area contributed by atoms with Crippen molar-refractivity contribution >= 4 is 0 Å². The summed E-state index contributed by atoms with van der Waals surface area (Å²) in [6.45, 7) is 1.73. The number of ether oxygens (including phenoxy) is 1. The molecule has 8 heteroatoms. The van der Waals surface area contributed by atoms with Gasteiger partial charge in [0, 0.05) is 11.8 Å². The predicted octanol–water partition coefficient (Wildman–Crippen LogP) is 3.81. The van der Waals surface area contributed by atoms with Crippen LogP contribution < -0.4 is 4.74 Å². The van der Waals surface area contributed by atoms with E-state index in [-0.39, 0.29) is 11.3 Å². The lowest BCUT2D eigenvalue weighted by Crippen LogP contribution is -2.17. The Balaban J connectivity index is 2.04. The Hall–Kier alpha value is -3.03. The molecular weight excluding hydrogens is 321 g/mol. The van der Waals surface area contributed by atoms with Crippen molar-refractivity contribution in [3.63, 3.8) is 0 Å². The summed E-state index contributed by atoms with van der Waals surface area (Å²) in [5.74, 6) is 0.238. The molecule has 0 aliphatic rings. The molecule has 0 fully saturated rings. The molecule has 3 rings (SSSR count). The van der Waals surface area contributed by atoms with Gasteiger partial charge in [0.25, 0.3) is 0 Å². The van der Waals surface area contributed by atoms with Crippen molar-refractivity contribution in [1.29, 1.82) is 0 Å². The lowest BCUT2D eigenvalue weighted by atomic mass is 10.1. The van der Waals surface area contributed by atoms with Crippen LogP contribution in [0.2, 0.25) is 0 Å². The molecule has 0 unspecified atom stereocenters.